The normalized spacial score (nSPS) is 25.2. The smallest absolute Gasteiger partial charge is 0.0964 e. The van der Waals surface area contributed by atoms with E-state index in [1.165, 1.54) is 0 Å². The molecular formula is C14H20ClNO. The van der Waals surface area contributed by atoms with Crippen LogP contribution in [-0.4, -0.2) is 19.2 Å². The maximum atomic E-state index is 6.17. The van der Waals surface area contributed by atoms with Gasteiger partial charge in [-0.1, -0.05) is 43.6 Å². The van der Waals surface area contributed by atoms with Gasteiger partial charge in [0.2, 0.25) is 0 Å². The molecule has 1 aliphatic rings. The van der Waals surface area contributed by atoms with E-state index in [1.54, 1.807) is 0 Å². The number of hydrogen-bond donors (Lipinski definition) is 1. The van der Waals surface area contributed by atoms with Gasteiger partial charge in [0, 0.05) is 23.2 Å². The molecule has 94 valence electrons. The zero-order valence-electron chi connectivity index (χ0n) is 10.4. The number of benzene rings is 1. The highest BCUT2D eigenvalue weighted by molar-refractivity contribution is 6.31. The lowest BCUT2D eigenvalue weighted by Gasteiger charge is -2.31. The summed E-state index contributed by atoms with van der Waals surface area (Å²) in [6.45, 7) is 6.10. The highest BCUT2D eigenvalue weighted by atomic mass is 35.5. The van der Waals surface area contributed by atoms with Crippen molar-refractivity contribution in [3.63, 3.8) is 0 Å². The molecule has 1 aromatic rings. The number of halogens is 1. The molecule has 0 radical (unpaired) electrons. The molecular weight excluding hydrogens is 234 g/mol. The molecule has 2 unspecified atom stereocenters. The predicted molar refractivity (Wildman–Crippen MR) is 71.4 cm³/mol. The molecule has 2 rings (SSSR count). The van der Waals surface area contributed by atoms with E-state index in [1.807, 2.05) is 24.3 Å². The third kappa shape index (κ3) is 3.44. The van der Waals surface area contributed by atoms with Crippen molar-refractivity contribution in [3.8, 4) is 0 Å². The van der Waals surface area contributed by atoms with Crippen molar-refractivity contribution in [1.29, 1.82) is 0 Å². The van der Waals surface area contributed by atoms with Crippen molar-refractivity contribution in [2.45, 2.75) is 32.4 Å². The van der Waals surface area contributed by atoms with E-state index < -0.39 is 0 Å². The van der Waals surface area contributed by atoms with Crippen LogP contribution in [0, 0.1) is 5.92 Å². The molecule has 17 heavy (non-hydrogen) atoms. The van der Waals surface area contributed by atoms with Crippen molar-refractivity contribution < 1.29 is 4.74 Å². The molecule has 1 heterocycles. The monoisotopic (exact) mass is 253 g/mol. The zero-order valence-corrected chi connectivity index (χ0v) is 11.2. The van der Waals surface area contributed by atoms with Crippen molar-refractivity contribution >= 4 is 11.6 Å². The summed E-state index contributed by atoms with van der Waals surface area (Å²) in [6, 6.07) is 8.39. The highest BCUT2D eigenvalue weighted by Gasteiger charge is 2.23. The van der Waals surface area contributed by atoms with E-state index in [0.717, 1.165) is 30.2 Å². The molecule has 1 aliphatic heterocycles. The number of morpholine rings is 1. The van der Waals surface area contributed by atoms with E-state index in [0.29, 0.717) is 12.0 Å². The van der Waals surface area contributed by atoms with Gasteiger partial charge in [0.05, 0.1) is 12.7 Å². The molecule has 2 nitrogen and oxygen atoms in total. The van der Waals surface area contributed by atoms with Gasteiger partial charge >= 0.3 is 0 Å². The molecule has 1 fully saturated rings. The summed E-state index contributed by atoms with van der Waals surface area (Å²) in [5.74, 6) is 0.702. The summed E-state index contributed by atoms with van der Waals surface area (Å²) in [4.78, 5) is 0. The van der Waals surface area contributed by atoms with Gasteiger partial charge in [-0.05, 0) is 18.4 Å². The van der Waals surface area contributed by atoms with Gasteiger partial charge in [-0.3, -0.25) is 0 Å². The lowest BCUT2D eigenvalue weighted by atomic mass is 10.0. The average molecular weight is 254 g/mol. The fourth-order valence-electron chi connectivity index (χ4n) is 2.28. The maximum Gasteiger partial charge on any atom is 0.0964 e. The van der Waals surface area contributed by atoms with Crippen LogP contribution in [-0.2, 0) is 4.74 Å². The van der Waals surface area contributed by atoms with Gasteiger partial charge < -0.3 is 10.1 Å². The van der Waals surface area contributed by atoms with E-state index in [-0.39, 0.29) is 6.10 Å². The summed E-state index contributed by atoms with van der Waals surface area (Å²) in [7, 11) is 0. The SMILES string of the molecule is CC(C)CC1COC(c2ccccc2Cl)CN1. The molecule has 0 bridgehead atoms. The third-order valence-electron chi connectivity index (χ3n) is 3.10. The second-order valence-corrected chi connectivity index (χ2v) is 5.49. The van der Waals surface area contributed by atoms with Gasteiger partial charge in [-0.25, -0.2) is 0 Å². The maximum absolute atomic E-state index is 6.17. The van der Waals surface area contributed by atoms with Crippen molar-refractivity contribution in [2.24, 2.45) is 5.92 Å². The van der Waals surface area contributed by atoms with Crippen LogP contribution in [0.25, 0.3) is 0 Å². The number of nitrogens with one attached hydrogen (secondary N) is 1. The van der Waals surface area contributed by atoms with E-state index >= 15 is 0 Å². The number of ether oxygens (including phenoxy) is 1. The molecule has 1 saturated heterocycles. The first-order valence-electron chi connectivity index (χ1n) is 6.26. The van der Waals surface area contributed by atoms with Crippen LogP contribution in [0.3, 0.4) is 0 Å². The Morgan fingerprint density at radius 3 is 2.76 bits per heavy atom. The van der Waals surface area contributed by atoms with Crippen LogP contribution in [0.15, 0.2) is 24.3 Å². The standard InChI is InChI=1S/C14H20ClNO/c1-10(2)7-11-9-17-14(8-16-11)12-5-3-4-6-13(12)15/h3-6,10-11,14,16H,7-9H2,1-2H3. The van der Waals surface area contributed by atoms with Gasteiger partial charge in [0.1, 0.15) is 0 Å². The Hall–Kier alpha value is -0.570. The van der Waals surface area contributed by atoms with Crippen LogP contribution < -0.4 is 5.32 Å². The first kappa shape index (κ1) is 12.9. The van der Waals surface area contributed by atoms with Crippen LogP contribution in [0.2, 0.25) is 5.02 Å². The topological polar surface area (TPSA) is 21.3 Å². The minimum Gasteiger partial charge on any atom is -0.371 e. The minimum atomic E-state index is 0.0899. The Labute approximate surface area is 108 Å². The molecule has 0 aliphatic carbocycles. The fraction of sp³-hybridized carbons (Fsp3) is 0.571. The Balaban J connectivity index is 1.93. The molecule has 2 atom stereocenters. The first-order valence-corrected chi connectivity index (χ1v) is 6.64. The quantitative estimate of drug-likeness (QED) is 0.891. The summed E-state index contributed by atoms with van der Waals surface area (Å²) < 4.78 is 5.91. The first-order chi connectivity index (χ1) is 8.16. The van der Waals surface area contributed by atoms with Crippen molar-refractivity contribution in [2.75, 3.05) is 13.2 Å². The summed E-state index contributed by atoms with van der Waals surface area (Å²) in [5.41, 5.74) is 1.09. The highest BCUT2D eigenvalue weighted by Crippen LogP contribution is 2.27. The molecule has 1 N–H and O–H groups in total. The van der Waals surface area contributed by atoms with E-state index in [9.17, 15) is 0 Å². The van der Waals surface area contributed by atoms with Crippen molar-refractivity contribution in [3.05, 3.63) is 34.9 Å². The predicted octanol–water partition coefficient (Wildman–Crippen LogP) is 3.42. The molecule has 1 aromatic carbocycles. The Kier molecular flexibility index (Phi) is 4.43. The van der Waals surface area contributed by atoms with Gasteiger partial charge in [0.25, 0.3) is 0 Å². The molecule has 0 saturated carbocycles. The van der Waals surface area contributed by atoms with Gasteiger partial charge in [-0.2, -0.15) is 0 Å². The Morgan fingerprint density at radius 1 is 1.41 bits per heavy atom. The molecule has 0 aromatic heterocycles. The largest absolute Gasteiger partial charge is 0.371 e. The third-order valence-corrected chi connectivity index (χ3v) is 3.44. The van der Waals surface area contributed by atoms with E-state index in [4.69, 9.17) is 16.3 Å². The summed E-state index contributed by atoms with van der Waals surface area (Å²) >= 11 is 6.17. The minimum absolute atomic E-state index is 0.0899. The molecule has 3 heteroatoms. The Bertz CT molecular complexity index is 359. The Morgan fingerprint density at radius 2 is 2.18 bits per heavy atom. The summed E-state index contributed by atoms with van der Waals surface area (Å²) in [6.07, 6.45) is 1.25. The molecule has 0 spiro atoms. The molecule has 0 amide bonds. The number of hydrogen-bond acceptors (Lipinski definition) is 2. The lowest BCUT2D eigenvalue weighted by molar-refractivity contribution is -0.00125. The van der Waals surface area contributed by atoms with Crippen LogP contribution in [0.4, 0.5) is 0 Å². The fourth-order valence-corrected chi connectivity index (χ4v) is 2.54. The van der Waals surface area contributed by atoms with E-state index in [2.05, 4.69) is 19.2 Å². The second-order valence-electron chi connectivity index (χ2n) is 5.08. The zero-order chi connectivity index (χ0) is 12.3. The average Bonchev–Trinajstić information content (AvgIpc) is 2.30. The summed E-state index contributed by atoms with van der Waals surface area (Å²) in [5, 5.41) is 4.34. The van der Waals surface area contributed by atoms with Crippen LogP contribution in [0.1, 0.15) is 31.9 Å². The lowest BCUT2D eigenvalue weighted by Crippen LogP contribution is -2.43. The van der Waals surface area contributed by atoms with Gasteiger partial charge in [0.15, 0.2) is 0 Å². The van der Waals surface area contributed by atoms with Crippen LogP contribution in [0.5, 0.6) is 0 Å². The number of rotatable bonds is 3. The van der Waals surface area contributed by atoms with Crippen LogP contribution >= 0.6 is 11.6 Å². The van der Waals surface area contributed by atoms with Crippen molar-refractivity contribution in [1.82, 2.24) is 5.32 Å². The van der Waals surface area contributed by atoms with Gasteiger partial charge in [-0.15, -0.1) is 0 Å². The second kappa shape index (κ2) is 5.85.